The largest absolute Gasteiger partial charge is 0.493 e. The molecule has 0 saturated carbocycles. The van der Waals surface area contributed by atoms with Gasteiger partial charge in [-0.1, -0.05) is 38.1 Å². The normalized spacial score (nSPS) is 19.9. The summed E-state index contributed by atoms with van der Waals surface area (Å²) in [7, 11) is 0. The van der Waals surface area contributed by atoms with Crippen LogP contribution in [0.1, 0.15) is 93.8 Å². The highest BCUT2D eigenvalue weighted by Gasteiger charge is 2.37. The number of amides is 2. The quantitative estimate of drug-likeness (QED) is 0.166. The van der Waals surface area contributed by atoms with Gasteiger partial charge in [0.2, 0.25) is 11.8 Å². The van der Waals surface area contributed by atoms with Gasteiger partial charge in [0.1, 0.15) is 11.5 Å². The van der Waals surface area contributed by atoms with Crippen molar-refractivity contribution in [2.24, 2.45) is 23.7 Å². The molecule has 1 aromatic heterocycles. The van der Waals surface area contributed by atoms with E-state index >= 15 is 0 Å². The third kappa shape index (κ3) is 9.85. The van der Waals surface area contributed by atoms with Gasteiger partial charge in [0.05, 0.1) is 39.8 Å². The molecule has 3 N–H and O–H groups in total. The summed E-state index contributed by atoms with van der Waals surface area (Å²) in [5.41, 5.74) is 3.06. The number of nitrogens with one attached hydrogen (secondary N) is 3. The van der Waals surface area contributed by atoms with Gasteiger partial charge in [0.15, 0.2) is 5.78 Å². The highest BCUT2D eigenvalue weighted by atomic mass is 32.1. The van der Waals surface area contributed by atoms with Crippen LogP contribution in [0.15, 0.2) is 42.5 Å². The lowest BCUT2D eigenvalue weighted by Gasteiger charge is -2.33. The molecule has 11 heteroatoms. The van der Waals surface area contributed by atoms with E-state index in [1.165, 1.54) is 5.56 Å². The fourth-order valence-corrected chi connectivity index (χ4v) is 9.06. The number of carbonyl (C=O) groups excluding carboxylic acids is 4. The van der Waals surface area contributed by atoms with Crippen LogP contribution in [0.3, 0.4) is 0 Å². The Balaban J connectivity index is 1.21. The first-order chi connectivity index (χ1) is 25.3. The smallest absolute Gasteiger partial charge is 0.224 e. The Hall–Kier alpha value is -3.67. The zero-order valence-corrected chi connectivity index (χ0v) is 31.4. The summed E-state index contributed by atoms with van der Waals surface area (Å²) in [6, 6.07) is 13.0. The van der Waals surface area contributed by atoms with Crippen LogP contribution in [0.2, 0.25) is 0 Å². The van der Waals surface area contributed by atoms with Crippen molar-refractivity contribution in [2.75, 3.05) is 32.9 Å². The first-order valence-corrected chi connectivity index (χ1v) is 20.2. The van der Waals surface area contributed by atoms with Crippen molar-refractivity contribution in [1.29, 1.82) is 0 Å². The standard InChI is InChI=1S/C41H54N4O6S/c1-3-26-9-10-34-37(22-26)52-38(43-34)25-30(23-31(46)4-2)41(49)45-39(28-13-18-50-19-14-28)35(47)24-29(21-27-11-16-42-17-12-27)40(48)44-33-15-20-51-36-8-6-5-7-32(33)36/h5-10,22,27-30,33,39,42H,3-4,11-21,23-25H2,1-2H3,(H,44,48)(H,45,49)/t29-,30+,33-,39+/m1/s1. The molecule has 3 aliphatic heterocycles. The Kier molecular flexibility index (Phi) is 13.5. The Morgan fingerprint density at radius 1 is 0.923 bits per heavy atom. The van der Waals surface area contributed by atoms with Crippen molar-refractivity contribution in [3.63, 3.8) is 0 Å². The minimum atomic E-state index is -0.773. The van der Waals surface area contributed by atoms with Crippen molar-refractivity contribution in [3.8, 4) is 5.75 Å². The van der Waals surface area contributed by atoms with E-state index in [9.17, 15) is 19.2 Å². The van der Waals surface area contributed by atoms with Crippen LogP contribution in [0.5, 0.6) is 5.75 Å². The maximum atomic E-state index is 14.5. The molecule has 4 heterocycles. The number of fused-ring (bicyclic) bond motifs is 2. The van der Waals surface area contributed by atoms with Crippen LogP contribution in [-0.4, -0.2) is 67.3 Å². The van der Waals surface area contributed by atoms with E-state index in [1.807, 2.05) is 37.3 Å². The lowest BCUT2D eigenvalue weighted by Crippen LogP contribution is -2.51. The third-order valence-corrected chi connectivity index (χ3v) is 12.2. The minimum absolute atomic E-state index is 0.00290. The maximum absolute atomic E-state index is 14.5. The van der Waals surface area contributed by atoms with Crippen LogP contribution in [-0.2, 0) is 36.8 Å². The summed E-state index contributed by atoms with van der Waals surface area (Å²) in [5, 5.41) is 10.6. The number of Topliss-reactive ketones (excluding diaryl/α,β-unsaturated/α-hetero) is 2. The SMILES string of the molecule is CCC(=O)C[C@@H](Cc1nc2ccc(CC)cc2s1)C(=O)N[C@H](C(=O)C[C@@H](CC1CCNCC1)C(=O)N[C@@H]1CCOc2ccccc21)C1CCOCC1. The molecule has 0 unspecified atom stereocenters. The summed E-state index contributed by atoms with van der Waals surface area (Å²) < 4.78 is 12.6. The van der Waals surface area contributed by atoms with Gasteiger partial charge in [0, 0.05) is 56.8 Å². The van der Waals surface area contributed by atoms with Crippen LogP contribution in [0.25, 0.3) is 10.2 Å². The average Bonchev–Trinajstić information content (AvgIpc) is 3.58. The molecule has 2 amide bonds. The van der Waals surface area contributed by atoms with Gasteiger partial charge in [-0.2, -0.15) is 0 Å². The van der Waals surface area contributed by atoms with E-state index in [0.29, 0.717) is 64.3 Å². The predicted molar refractivity (Wildman–Crippen MR) is 202 cm³/mol. The fourth-order valence-electron chi connectivity index (χ4n) is 7.95. The Labute approximate surface area is 311 Å². The van der Waals surface area contributed by atoms with E-state index in [0.717, 1.165) is 58.9 Å². The van der Waals surface area contributed by atoms with Gasteiger partial charge < -0.3 is 25.4 Å². The average molecular weight is 731 g/mol. The van der Waals surface area contributed by atoms with Gasteiger partial charge in [-0.15, -0.1) is 11.3 Å². The molecule has 10 nitrogen and oxygen atoms in total. The number of benzene rings is 2. The monoisotopic (exact) mass is 730 g/mol. The molecule has 2 aromatic carbocycles. The molecule has 3 aromatic rings. The number of nitrogens with zero attached hydrogens (tertiary/aromatic N) is 1. The van der Waals surface area contributed by atoms with Crippen LogP contribution < -0.4 is 20.7 Å². The number of thiazole rings is 1. The number of para-hydroxylation sites is 1. The molecule has 280 valence electrons. The van der Waals surface area contributed by atoms with E-state index < -0.39 is 17.9 Å². The zero-order valence-electron chi connectivity index (χ0n) is 30.6. The number of rotatable bonds is 16. The molecule has 0 spiro atoms. The molecule has 4 atom stereocenters. The van der Waals surface area contributed by atoms with Crippen molar-refractivity contribution in [2.45, 2.75) is 96.6 Å². The summed E-state index contributed by atoms with van der Waals surface area (Å²) in [5.74, 6) is -0.764. The van der Waals surface area contributed by atoms with Gasteiger partial charge in [-0.05, 0) is 87.2 Å². The highest BCUT2D eigenvalue weighted by Crippen LogP contribution is 2.34. The maximum Gasteiger partial charge on any atom is 0.224 e. The second kappa shape index (κ2) is 18.4. The number of carbonyl (C=O) groups is 4. The number of ether oxygens (including phenoxy) is 2. The van der Waals surface area contributed by atoms with Gasteiger partial charge in [0.25, 0.3) is 0 Å². The van der Waals surface area contributed by atoms with E-state index in [-0.39, 0.29) is 48.2 Å². The molecule has 0 aliphatic carbocycles. The number of ketones is 2. The van der Waals surface area contributed by atoms with Gasteiger partial charge in [-0.25, -0.2) is 4.98 Å². The van der Waals surface area contributed by atoms with Crippen molar-refractivity contribution >= 4 is 44.9 Å². The lowest BCUT2D eigenvalue weighted by molar-refractivity contribution is -0.136. The molecular formula is C41H54N4O6S. The molecule has 0 bridgehead atoms. The minimum Gasteiger partial charge on any atom is -0.493 e. The Morgan fingerprint density at radius 3 is 2.48 bits per heavy atom. The van der Waals surface area contributed by atoms with E-state index in [4.69, 9.17) is 14.5 Å². The van der Waals surface area contributed by atoms with Gasteiger partial charge >= 0.3 is 0 Å². The number of piperidine rings is 1. The summed E-state index contributed by atoms with van der Waals surface area (Å²) in [6.45, 7) is 7.24. The lowest BCUT2D eigenvalue weighted by atomic mass is 9.81. The van der Waals surface area contributed by atoms with Crippen molar-refractivity contribution < 1.29 is 28.7 Å². The second-order valence-electron chi connectivity index (χ2n) is 14.7. The first-order valence-electron chi connectivity index (χ1n) is 19.3. The Morgan fingerprint density at radius 2 is 1.71 bits per heavy atom. The highest BCUT2D eigenvalue weighted by molar-refractivity contribution is 7.18. The molecule has 6 rings (SSSR count). The Bertz CT molecular complexity index is 1700. The van der Waals surface area contributed by atoms with Crippen LogP contribution >= 0.6 is 11.3 Å². The number of hydrogen-bond donors (Lipinski definition) is 3. The summed E-state index contributed by atoms with van der Waals surface area (Å²) >= 11 is 1.56. The molecule has 2 fully saturated rings. The van der Waals surface area contributed by atoms with Crippen LogP contribution in [0.4, 0.5) is 0 Å². The van der Waals surface area contributed by atoms with Crippen LogP contribution in [0, 0.1) is 23.7 Å². The van der Waals surface area contributed by atoms with E-state index in [2.05, 4.69) is 35.0 Å². The van der Waals surface area contributed by atoms with Gasteiger partial charge in [-0.3, -0.25) is 19.2 Å². The number of hydrogen-bond acceptors (Lipinski definition) is 9. The van der Waals surface area contributed by atoms with Crippen molar-refractivity contribution in [3.05, 3.63) is 58.6 Å². The predicted octanol–water partition coefficient (Wildman–Crippen LogP) is 5.90. The number of aryl methyl sites for hydroxylation is 1. The first kappa shape index (κ1) is 38.1. The number of aromatic nitrogens is 1. The zero-order chi connectivity index (χ0) is 36.5. The summed E-state index contributed by atoms with van der Waals surface area (Å²) in [6.07, 6.45) is 6.15. The molecule has 0 radical (unpaired) electrons. The molecule has 3 aliphatic rings. The fraction of sp³-hybridized carbons (Fsp3) is 0.585. The summed E-state index contributed by atoms with van der Waals surface area (Å²) in [4.78, 5) is 60.5. The van der Waals surface area contributed by atoms with E-state index in [1.54, 1.807) is 11.3 Å². The molecule has 2 saturated heterocycles. The molecule has 52 heavy (non-hydrogen) atoms. The molecular weight excluding hydrogens is 677 g/mol. The van der Waals surface area contributed by atoms with Crippen molar-refractivity contribution in [1.82, 2.24) is 20.9 Å². The second-order valence-corrected chi connectivity index (χ2v) is 15.8. The topological polar surface area (TPSA) is 136 Å². The third-order valence-electron chi connectivity index (χ3n) is 11.1.